The molecular formula is C58H70N4O10Sn. The number of carbonyl (C=O) groups excluding carboxylic acids is 4. The number of rotatable bonds is 10. The molecule has 2 aromatic rings. The molecule has 0 aromatic heterocycles. The Bertz CT molecular complexity index is 3100. The summed E-state index contributed by atoms with van der Waals surface area (Å²) in [6, 6.07) is 7.25. The first-order chi connectivity index (χ1) is 35.2. The predicted octanol–water partition coefficient (Wildman–Crippen LogP) is 11.6. The van der Waals surface area contributed by atoms with Crippen LogP contribution in [0.25, 0.3) is 45.1 Å². The molecule has 4 heterocycles. The van der Waals surface area contributed by atoms with E-state index in [-0.39, 0.29) is 95.5 Å². The predicted molar refractivity (Wildman–Crippen MR) is 286 cm³/mol. The van der Waals surface area contributed by atoms with E-state index in [0.29, 0.717) is 82.0 Å². The standard InChI is InChI=1S/C29H34N2O4.C26H28N2O6.C2H5.CH3.Sn/c1-16-14-15-20(26(33)18-10-6-4-7-11-18)22-28(16)35-29-17(2)25(32)23(30-3)21(24(29)31-22)27(34)19-12-8-5-9-13-19;1-13-9-10-15(23(30)16-7-3-5-11-32-16)20-25(13)34-26-14(2)22(29)19(27)18(21(26)28-20)24(31)17-8-4-6-12-33-17;1-2;;/h14-15,18-19,30H,4-13H2,1-3H3;9-10,16-17H,3-8,11-12,27H2,1-2H3;1H2,2H3;1H3;. The van der Waals surface area contributed by atoms with Crippen LogP contribution in [-0.4, -0.2) is 86.7 Å². The number of aryl methyl sites for hydroxylation is 2. The fraction of sp³-hybridized carbons (Fsp3) is 0.517. The SMILES string of the molecule is CNc1c(C(=O)C2CCCCC2)c2nc3c(C(=O)C4CCCCC4)ccc(C)c3oc-2c(C)c1=O.C[CH2][Sn][CH3].Cc1c2oc3c(C)ccc(C(=O)C4CCCCO4)c3nc-2c(C(=O)C2CCCCO2)c(N)c1=O. The van der Waals surface area contributed by atoms with E-state index >= 15 is 0 Å². The van der Waals surface area contributed by atoms with Gasteiger partial charge in [-0.15, -0.1) is 0 Å². The van der Waals surface area contributed by atoms with Crippen molar-refractivity contribution in [2.75, 3.05) is 31.3 Å². The molecule has 2 saturated carbocycles. The third-order valence-electron chi connectivity index (χ3n) is 15.3. The van der Waals surface area contributed by atoms with Crippen LogP contribution in [0.2, 0.25) is 9.38 Å². The number of carbonyl (C=O) groups is 4. The minimum Gasteiger partial charge on any atom is -0.452 e. The van der Waals surface area contributed by atoms with E-state index < -0.39 is 17.6 Å². The number of hydrogen-bond donors (Lipinski definition) is 2. The second-order valence-electron chi connectivity index (χ2n) is 20.2. The molecule has 4 aliphatic heterocycles. The number of ether oxygens (including phenoxy) is 2. The molecule has 2 radical (unpaired) electrons. The summed E-state index contributed by atoms with van der Waals surface area (Å²) in [5.74, 6) is -0.0843. The molecule has 2 unspecified atom stereocenters. The maximum Gasteiger partial charge on any atom is 0.208 e. The summed E-state index contributed by atoms with van der Waals surface area (Å²) in [7, 11) is 1.67. The number of nitrogens with one attached hydrogen (secondary N) is 1. The summed E-state index contributed by atoms with van der Waals surface area (Å²) in [5.41, 5.74) is 11.5. The minimum absolute atomic E-state index is 0.00545. The molecule has 14 nitrogen and oxygen atoms in total. The number of nitrogens with zero attached hydrogens (tertiary/aromatic N) is 2. The smallest absolute Gasteiger partial charge is 0.208 e. The Labute approximate surface area is 437 Å². The molecule has 73 heavy (non-hydrogen) atoms. The first-order valence-electron chi connectivity index (χ1n) is 26.5. The molecular weight excluding hydrogens is 1030 g/mol. The van der Waals surface area contributed by atoms with Crippen molar-refractivity contribution < 1.29 is 37.5 Å². The van der Waals surface area contributed by atoms with Gasteiger partial charge in [0.1, 0.15) is 34.6 Å². The van der Waals surface area contributed by atoms with Crippen molar-refractivity contribution in [3.8, 4) is 22.9 Å². The van der Waals surface area contributed by atoms with E-state index in [0.717, 1.165) is 94.6 Å². The monoisotopic (exact) mass is 1100 g/mol. The normalized spacial score (nSPS) is 18.7. The third-order valence-corrected chi connectivity index (χ3v) is 17.3. The van der Waals surface area contributed by atoms with E-state index in [4.69, 9.17) is 34.0 Å². The van der Waals surface area contributed by atoms with Crippen molar-refractivity contribution in [3.05, 3.63) is 89.2 Å². The number of fused-ring (bicyclic) bond motifs is 4. The molecule has 2 aromatic carbocycles. The van der Waals surface area contributed by atoms with Crippen LogP contribution in [0.1, 0.15) is 173 Å². The average Bonchev–Trinajstić information content (AvgIpc) is 3.43. The van der Waals surface area contributed by atoms with Gasteiger partial charge in [-0.2, -0.15) is 0 Å². The van der Waals surface area contributed by atoms with E-state index in [1.54, 1.807) is 33.0 Å². The molecule has 0 amide bonds. The Morgan fingerprint density at radius 2 is 1.04 bits per heavy atom. The van der Waals surface area contributed by atoms with Gasteiger partial charge in [0.15, 0.2) is 45.8 Å². The summed E-state index contributed by atoms with van der Waals surface area (Å²) < 4.78 is 25.4. The van der Waals surface area contributed by atoms with Crippen LogP contribution in [0.5, 0.6) is 0 Å². The Balaban J connectivity index is 0.000000182. The summed E-state index contributed by atoms with van der Waals surface area (Å²) >= 11 is 0.224. The molecule has 386 valence electrons. The largest absolute Gasteiger partial charge is 0.452 e. The molecule has 0 bridgehead atoms. The number of anilines is 2. The number of Topliss-reactive ketones (excluding diaryl/α,β-unsaturated/α-hetero) is 4. The molecule has 4 aliphatic carbocycles. The van der Waals surface area contributed by atoms with Gasteiger partial charge >= 0.3 is 37.4 Å². The number of benzene rings is 4. The summed E-state index contributed by atoms with van der Waals surface area (Å²) in [5, 5.41) is 2.98. The van der Waals surface area contributed by atoms with Crippen molar-refractivity contribution in [1.29, 1.82) is 0 Å². The van der Waals surface area contributed by atoms with Crippen molar-refractivity contribution in [2.45, 2.75) is 159 Å². The van der Waals surface area contributed by atoms with E-state index in [1.807, 2.05) is 26.0 Å². The summed E-state index contributed by atoms with van der Waals surface area (Å²) in [4.78, 5) is 92.4. The summed E-state index contributed by atoms with van der Waals surface area (Å²) in [6.45, 7) is 10.3. The fourth-order valence-electron chi connectivity index (χ4n) is 10.9. The number of ketones is 4. The van der Waals surface area contributed by atoms with Gasteiger partial charge in [0.05, 0.1) is 22.5 Å². The molecule has 10 rings (SSSR count). The maximum absolute atomic E-state index is 13.8. The van der Waals surface area contributed by atoms with Crippen LogP contribution in [0.3, 0.4) is 0 Å². The van der Waals surface area contributed by atoms with E-state index in [2.05, 4.69) is 17.2 Å². The molecule has 3 N–H and O–H groups in total. The minimum atomic E-state index is -0.687. The Morgan fingerprint density at radius 3 is 1.51 bits per heavy atom. The third kappa shape index (κ3) is 10.9. The quantitative estimate of drug-likeness (QED) is 0.0566. The second-order valence-corrected chi connectivity index (χ2v) is 24.3. The molecule has 15 heteroatoms. The van der Waals surface area contributed by atoms with E-state index in [1.165, 1.54) is 10.9 Å². The van der Waals surface area contributed by atoms with Crippen molar-refractivity contribution >= 4 is 77.8 Å². The van der Waals surface area contributed by atoms with Crippen molar-refractivity contribution in [3.63, 3.8) is 0 Å². The summed E-state index contributed by atoms with van der Waals surface area (Å²) in [6.07, 6.45) is 13.5. The van der Waals surface area contributed by atoms with Crippen LogP contribution in [0.15, 0.2) is 42.7 Å². The number of nitrogen functional groups attached to an aromatic ring is 1. The van der Waals surface area contributed by atoms with Gasteiger partial charge in [0.25, 0.3) is 0 Å². The van der Waals surface area contributed by atoms with Crippen LogP contribution < -0.4 is 21.9 Å². The zero-order valence-corrected chi connectivity index (χ0v) is 46.5. The molecule has 4 fully saturated rings. The van der Waals surface area contributed by atoms with Crippen molar-refractivity contribution in [1.82, 2.24) is 9.97 Å². The van der Waals surface area contributed by atoms with Gasteiger partial charge in [-0.25, -0.2) is 9.97 Å². The zero-order chi connectivity index (χ0) is 52.1. The van der Waals surface area contributed by atoms with Crippen LogP contribution in [-0.2, 0) is 9.47 Å². The zero-order valence-electron chi connectivity index (χ0n) is 43.6. The Morgan fingerprint density at radius 1 is 0.603 bits per heavy atom. The van der Waals surface area contributed by atoms with Crippen molar-refractivity contribution in [2.24, 2.45) is 11.8 Å². The molecule has 8 aliphatic rings. The maximum atomic E-state index is 13.8. The number of aromatic nitrogens is 2. The molecule has 2 saturated heterocycles. The van der Waals surface area contributed by atoms with Gasteiger partial charge in [0, 0.05) is 54.4 Å². The topological polar surface area (TPSA) is 211 Å². The number of nitrogens with two attached hydrogens (primary N) is 1. The first-order valence-corrected chi connectivity index (χ1v) is 31.4. The van der Waals surface area contributed by atoms with E-state index in [9.17, 15) is 28.8 Å². The van der Waals surface area contributed by atoms with Gasteiger partial charge in [0.2, 0.25) is 10.9 Å². The first kappa shape index (κ1) is 54.0. The van der Waals surface area contributed by atoms with Crippen LogP contribution in [0.4, 0.5) is 11.4 Å². The fourth-order valence-corrected chi connectivity index (χ4v) is 10.9. The van der Waals surface area contributed by atoms with Gasteiger partial charge in [-0.3, -0.25) is 28.8 Å². The Kier molecular flexibility index (Phi) is 17.7. The second kappa shape index (κ2) is 23.9. The van der Waals surface area contributed by atoms with Crippen LogP contribution in [0, 0.1) is 39.5 Å². The average molecular weight is 1100 g/mol. The van der Waals surface area contributed by atoms with Gasteiger partial charge < -0.3 is 29.4 Å². The Hall–Kier alpha value is -5.32. The molecule has 0 spiro atoms. The van der Waals surface area contributed by atoms with Gasteiger partial charge in [-0.1, -0.05) is 50.7 Å². The van der Waals surface area contributed by atoms with Gasteiger partial charge in [-0.05, 0) is 115 Å². The van der Waals surface area contributed by atoms with Crippen LogP contribution >= 0.6 is 0 Å². The molecule has 2 atom stereocenters. The number of hydrogen-bond acceptors (Lipinski definition) is 14.